The molecule has 236 valence electrons. The number of aromatic nitrogens is 4. The van der Waals surface area contributed by atoms with E-state index in [1.807, 2.05) is 0 Å². The highest BCUT2D eigenvalue weighted by atomic mass is 32.2. The number of hydrogen-bond donors (Lipinski definition) is 3. The summed E-state index contributed by atoms with van der Waals surface area (Å²) in [7, 11) is -3.98. The molecule has 6 rings (SSSR count). The fourth-order valence-electron chi connectivity index (χ4n) is 5.98. The van der Waals surface area contributed by atoms with E-state index in [2.05, 4.69) is 20.6 Å². The van der Waals surface area contributed by atoms with Gasteiger partial charge >= 0.3 is 0 Å². The number of likely N-dealkylation sites (tertiary alicyclic amines) is 1. The molecule has 1 saturated heterocycles. The fraction of sp³-hybridized carbons (Fsp3) is 0.345. The first-order valence-corrected chi connectivity index (χ1v) is 15.6. The number of nitrogens with one attached hydrogen (secondary N) is 1. The number of carbonyl (C=O) groups excluding carboxylic acids is 2. The third-order valence-corrected chi connectivity index (χ3v) is 10.5. The van der Waals surface area contributed by atoms with E-state index < -0.39 is 74.5 Å². The monoisotopic (exact) mass is 643 g/mol. The number of fused-ring (bicyclic) bond motifs is 2. The maximum absolute atomic E-state index is 14.7. The topological polar surface area (TPSA) is 173 Å². The van der Waals surface area contributed by atoms with Crippen molar-refractivity contribution in [2.75, 3.05) is 6.54 Å². The Morgan fingerprint density at radius 3 is 2.58 bits per heavy atom. The normalized spacial score (nSPS) is 23.1. The van der Waals surface area contributed by atoms with Gasteiger partial charge in [0.25, 0.3) is 0 Å². The van der Waals surface area contributed by atoms with E-state index in [1.54, 1.807) is 30.5 Å². The van der Waals surface area contributed by atoms with Gasteiger partial charge in [-0.1, -0.05) is 6.07 Å². The molecule has 45 heavy (non-hydrogen) atoms. The highest BCUT2D eigenvalue weighted by Crippen LogP contribution is 2.38. The van der Waals surface area contributed by atoms with Gasteiger partial charge in [-0.2, -0.15) is 15.3 Å². The van der Waals surface area contributed by atoms with Gasteiger partial charge in [0, 0.05) is 17.4 Å². The molecule has 4 heterocycles. The molecule has 5 unspecified atom stereocenters. The Bertz CT molecular complexity index is 1920. The van der Waals surface area contributed by atoms with Crippen molar-refractivity contribution in [3.8, 4) is 11.1 Å². The van der Waals surface area contributed by atoms with Gasteiger partial charge in [-0.05, 0) is 54.8 Å². The van der Waals surface area contributed by atoms with Crippen molar-refractivity contribution in [1.29, 1.82) is 0 Å². The second-order valence-electron chi connectivity index (χ2n) is 11.2. The van der Waals surface area contributed by atoms with Gasteiger partial charge in [0.15, 0.2) is 21.5 Å². The average molecular weight is 644 g/mol. The Labute approximate surface area is 254 Å². The fourth-order valence-corrected chi connectivity index (χ4v) is 7.66. The molecule has 0 bridgehead atoms. The second-order valence-corrected chi connectivity index (χ2v) is 13.5. The highest BCUT2D eigenvalue weighted by Gasteiger charge is 2.43. The van der Waals surface area contributed by atoms with Gasteiger partial charge in [-0.3, -0.25) is 14.3 Å². The quantitative estimate of drug-likeness (QED) is 0.210. The highest BCUT2D eigenvalue weighted by molar-refractivity contribution is 7.92. The van der Waals surface area contributed by atoms with Crippen LogP contribution in [-0.4, -0.2) is 74.2 Å². The van der Waals surface area contributed by atoms with Gasteiger partial charge in [0.2, 0.25) is 11.8 Å². The molecule has 0 aliphatic carbocycles. The van der Waals surface area contributed by atoms with Gasteiger partial charge in [0.1, 0.15) is 30.7 Å². The largest absolute Gasteiger partial charge is 0.373 e. The van der Waals surface area contributed by atoms with Crippen LogP contribution >= 0.6 is 0 Å². The van der Waals surface area contributed by atoms with Crippen molar-refractivity contribution in [2.24, 2.45) is 5.73 Å². The van der Waals surface area contributed by atoms with Crippen molar-refractivity contribution >= 4 is 32.6 Å². The second kappa shape index (κ2) is 11.5. The minimum absolute atomic E-state index is 0.101. The van der Waals surface area contributed by atoms with Crippen LogP contribution in [0.1, 0.15) is 43.3 Å². The molecule has 0 saturated carbocycles. The Balaban J connectivity index is 1.26. The van der Waals surface area contributed by atoms with Crippen LogP contribution in [0.4, 0.5) is 13.2 Å². The number of rotatable bonds is 6. The summed E-state index contributed by atoms with van der Waals surface area (Å²) in [6, 6.07) is 5.96. The van der Waals surface area contributed by atoms with E-state index in [-0.39, 0.29) is 30.6 Å². The van der Waals surface area contributed by atoms with Gasteiger partial charge in [-0.25, -0.2) is 21.6 Å². The van der Waals surface area contributed by atoms with Gasteiger partial charge < -0.3 is 21.1 Å². The molecule has 16 heteroatoms. The van der Waals surface area contributed by atoms with Crippen molar-refractivity contribution in [2.45, 2.75) is 60.9 Å². The molecule has 0 spiro atoms. The molecule has 0 radical (unpaired) electrons. The Morgan fingerprint density at radius 1 is 1.11 bits per heavy atom. The minimum atomic E-state index is -3.98. The molecule has 2 aromatic carbocycles. The summed E-state index contributed by atoms with van der Waals surface area (Å²) in [5.74, 6) is -4.04. The van der Waals surface area contributed by atoms with E-state index in [1.165, 1.54) is 17.8 Å². The van der Waals surface area contributed by atoms with Crippen molar-refractivity contribution < 1.29 is 36.3 Å². The summed E-state index contributed by atoms with van der Waals surface area (Å²) in [5.41, 5.74) is 7.67. The number of benzene rings is 2. The number of nitrogens with zero attached hydrogens (tertiary/aromatic N) is 5. The van der Waals surface area contributed by atoms with E-state index in [0.717, 1.165) is 22.1 Å². The molecule has 2 aliphatic heterocycles. The SMILES string of the molecule is CC1CC(NC(=O)C2CC(F)CN2C(=O)Cn2nc(C(N)O)c3cc(-c4ccnnc4)ccc32)c2cc(F)c(F)cc2S1(=O)=O. The summed E-state index contributed by atoms with van der Waals surface area (Å²) in [5, 5.41) is 24.2. The van der Waals surface area contributed by atoms with Crippen molar-refractivity contribution in [1.82, 2.24) is 30.2 Å². The summed E-state index contributed by atoms with van der Waals surface area (Å²) in [4.78, 5) is 27.6. The summed E-state index contributed by atoms with van der Waals surface area (Å²) in [6.45, 7) is 0.592. The number of halogens is 3. The molecule has 5 atom stereocenters. The molecular weight excluding hydrogens is 615 g/mol. The third-order valence-electron chi connectivity index (χ3n) is 8.28. The summed E-state index contributed by atoms with van der Waals surface area (Å²) in [6.07, 6.45) is -0.375. The van der Waals surface area contributed by atoms with E-state index in [4.69, 9.17) is 5.73 Å². The van der Waals surface area contributed by atoms with E-state index in [9.17, 15) is 36.3 Å². The molecule has 2 aliphatic rings. The number of alkyl halides is 1. The number of aliphatic hydroxyl groups excluding tert-OH is 1. The maximum Gasteiger partial charge on any atom is 0.245 e. The maximum atomic E-state index is 14.7. The van der Waals surface area contributed by atoms with Crippen molar-refractivity contribution in [3.05, 3.63) is 71.7 Å². The smallest absolute Gasteiger partial charge is 0.245 e. The van der Waals surface area contributed by atoms with Gasteiger partial charge in [-0.15, -0.1) is 0 Å². The lowest BCUT2D eigenvalue weighted by Crippen LogP contribution is -2.49. The molecule has 2 amide bonds. The van der Waals surface area contributed by atoms with Gasteiger partial charge in [0.05, 0.1) is 40.6 Å². The number of amides is 2. The zero-order chi connectivity index (χ0) is 32.2. The molecule has 1 fully saturated rings. The van der Waals surface area contributed by atoms with Crippen LogP contribution in [0.15, 0.2) is 53.7 Å². The molecule has 12 nitrogen and oxygen atoms in total. The van der Waals surface area contributed by atoms with Crippen LogP contribution < -0.4 is 11.1 Å². The number of hydrogen-bond acceptors (Lipinski definition) is 9. The first-order chi connectivity index (χ1) is 21.3. The van der Waals surface area contributed by atoms with Crippen molar-refractivity contribution in [3.63, 3.8) is 0 Å². The first kappa shape index (κ1) is 30.6. The average Bonchev–Trinajstić information content (AvgIpc) is 3.58. The standard InChI is InChI=1S/C29H28F3N7O5S/c1-14-6-22(18-9-20(31)21(32)10-25(18)45(14,43)44)36-29(42)24-8-17(30)12-38(24)26(40)13-39-23-3-2-15(16-4-5-34-35-11-16)7-19(23)27(37-39)28(33)41/h2-5,7,9-11,14,17,22,24,28,41H,6,8,12-13,33H2,1H3,(H,36,42). The minimum Gasteiger partial charge on any atom is -0.373 e. The lowest BCUT2D eigenvalue weighted by atomic mass is 10.00. The summed E-state index contributed by atoms with van der Waals surface area (Å²) >= 11 is 0. The Kier molecular flexibility index (Phi) is 7.82. The predicted molar refractivity (Wildman–Crippen MR) is 153 cm³/mol. The number of sulfone groups is 1. The molecule has 4 aromatic rings. The number of nitrogens with two attached hydrogens (primary N) is 1. The number of carbonyl (C=O) groups is 2. The predicted octanol–water partition coefficient (Wildman–Crippen LogP) is 2.08. The Hall–Kier alpha value is -4.41. The van der Waals surface area contributed by atoms with E-state index >= 15 is 0 Å². The first-order valence-electron chi connectivity index (χ1n) is 14.0. The van der Waals surface area contributed by atoms with Crippen LogP contribution in [-0.2, 0) is 26.0 Å². The third kappa shape index (κ3) is 5.53. The molecular formula is C29H28F3N7O5S. The number of aliphatic hydroxyl groups is 1. The summed E-state index contributed by atoms with van der Waals surface area (Å²) < 4.78 is 69.7. The lowest BCUT2D eigenvalue weighted by molar-refractivity contribution is -0.139. The van der Waals surface area contributed by atoms with Crippen LogP contribution in [0.2, 0.25) is 0 Å². The van der Waals surface area contributed by atoms with Crippen LogP contribution in [0.25, 0.3) is 22.0 Å². The Morgan fingerprint density at radius 2 is 1.87 bits per heavy atom. The molecule has 4 N–H and O–H groups in total. The lowest BCUT2D eigenvalue weighted by Gasteiger charge is -2.32. The zero-order valence-corrected chi connectivity index (χ0v) is 24.6. The van der Waals surface area contributed by atoms with Crippen LogP contribution in [0.3, 0.4) is 0 Å². The van der Waals surface area contributed by atoms with Crippen LogP contribution in [0, 0.1) is 11.6 Å². The van der Waals surface area contributed by atoms with E-state index in [0.29, 0.717) is 17.0 Å². The van der Waals surface area contributed by atoms with Crippen LogP contribution in [0.5, 0.6) is 0 Å². The zero-order valence-electron chi connectivity index (χ0n) is 23.8. The molecule has 2 aromatic heterocycles.